The fourth-order valence-electron chi connectivity index (χ4n) is 6.64. The van der Waals surface area contributed by atoms with Crippen LogP contribution in [0, 0.1) is 0 Å². The van der Waals surface area contributed by atoms with E-state index in [1.165, 1.54) is 38.5 Å². The van der Waals surface area contributed by atoms with E-state index in [1.807, 2.05) is 21.1 Å². The Hall–Kier alpha value is -4.11. The van der Waals surface area contributed by atoms with Crippen molar-refractivity contribution in [3.63, 3.8) is 0 Å². The number of esters is 2. The average Bonchev–Trinajstić information content (AvgIpc) is 3.34. The van der Waals surface area contributed by atoms with Crippen molar-refractivity contribution in [2.75, 3.05) is 47.5 Å². The molecular weight excluding hydrogens is 918 g/mol. The molecule has 0 amide bonds. The summed E-state index contributed by atoms with van der Waals surface area (Å²) in [6.07, 6.45) is 76.6. The predicted octanol–water partition coefficient (Wildman–Crippen LogP) is 17.1. The second kappa shape index (κ2) is 51.8. The molecule has 0 aromatic rings. The molecule has 0 aromatic heterocycles. The van der Waals surface area contributed by atoms with Gasteiger partial charge in [-0.1, -0.05) is 211 Å². The molecule has 2 unspecified atom stereocenters. The van der Waals surface area contributed by atoms with Gasteiger partial charge in [-0.2, -0.15) is 0 Å². The third kappa shape index (κ3) is 55.2. The van der Waals surface area contributed by atoms with E-state index >= 15 is 0 Å². The van der Waals surface area contributed by atoms with Crippen LogP contribution >= 0.6 is 7.82 Å². The van der Waals surface area contributed by atoms with Crippen molar-refractivity contribution in [1.82, 2.24) is 0 Å². The molecule has 0 spiro atoms. The molecule has 0 bridgehead atoms. The first kappa shape index (κ1) is 67.9. The molecular formula is C62H101NO8P+. The molecule has 2 atom stereocenters. The molecule has 72 heavy (non-hydrogen) atoms. The monoisotopic (exact) mass is 1020 g/mol. The summed E-state index contributed by atoms with van der Waals surface area (Å²) in [5.41, 5.74) is 0. The van der Waals surface area contributed by atoms with Gasteiger partial charge in [0.05, 0.1) is 27.7 Å². The standard InChI is InChI=1S/C62H100NO8P/c1-6-8-10-12-14-16-17-18-19-20-21-22-23-24-25-26-27-28-29-30-31-32-33-34-35-36-37-38-39-40-41-42-43-44-45-47-49-51-53-55-62(65)71-60(59-70-72(66,67)69-57-56-63(3,4)5)58-68-61(64)54-52-50-48-46-15-13-11-9-7-2/h8,10,14,16,18-19,21-22,24-25,27-28,30-31,33-34,36-37,39-40,42-43,45,47,60H,6-7,9,11-13,15,17,20,23,26,29,32,35,38,41,44,46,48-59H2,1-5H3/p+1/b10-8-,16-14-,19-18-,22-21-,25-24-,28-27-,31-30-,34-33-,37-36-,40-39-,43-42-,47-45-. The number of carbonyl (C=O) groups excluding carboxylic acids is 2. The van der Waals surface area contributed by atoms with Crippen molar-refractivity contribution in [3.05, 3.63) is 146 Å². The predicted molar refractivity (Wildman–Crippen MR) is 307 cm³/mol. The van der Waals surface area contributed by atoms with E-state index in [-0.39, 0.29) is 32.0 Å². The summed E-state index contributed by atoms with van der Waals surface area (Å²) in [5, 5.41) is 0. The molecule has 0 heterocycles. The summed E-state index contributed by atoms with van der Waals surface area (Å²) in [6, 6.07) is 0. The number of phosphoric acid groups is 1. The van der Waals surface area contributed by atoms with Crippen LogP contribution < -0.4 is 0 Å². The zero-order chi connectivity index (χ0) is 52.7. The maximum Gasteiger partial charge on any atom is 0.472 e. The largest absolute Gasteiger partial charge is 0.472 e. The summed E-state index contributed by atoms with van der Waals surface area (Å²) >= 11 is 0. The third-order valence-corrected chi connectivity index (χ3v) is 11.9. The second-order valence-electron chi connectivity index (χ2n) is 18.9. The number of allylic oxidation sites excluding steroid dienone is 24. The van der Waals surface area contributed by atoms with Gasteiger partial charge in [0, 0.05) is 12.8 Å². The van der Waals surface area contributed by atoms with E-state index in [0.717, 1.165) is 109 Å². The molecule has 0 saturated heterocycles. The highest BCUT2D eigenvalue weighted by atomic mass is 31.2. The first-order valence-electron chi connectivity index (χ1n) is 27.6. The van der Waals surface area contributed by atoms with Gasteiger partial charge in [0.2, 0.25) is 0 Å². The number of hydrogen-bond donors (Lipinski definition) is 1. The fraction of sp³-hybridized carbons (Fsp3) is 0.581. The van der Waals surface area contributed by atoms with Crippen LogP contribution in [-0.4, -0.2) is 74.9 Å². The Labute approximate surface area is 440 Å². The zero-order valence-corrected chi connectivity index (χ0v) is 46.7. The van der Waals surface area contributed by atoms with Gasteiger partial charge in [-0.3, -0.25) is 18.6 Å². The molecule has 0 aliphatic heterocycles. The summed E-state index contributed by atoms with van der Waals surface area (Å²) in [5.74, 6) is -0.864. The Balaban J connectivity index is 4.20. The molecule has 9 nitrogen and oxygen atoms in total. The minimum absolute atomic E-state index is 0.0162. The van der Waals surface area contributed by atoms with Gasteiger partial charge in [-0.05, 0) is 103 Å². The molecule has 1 N–H and O–H groups in total. The smallest absolute Gasteiger partial charge is 0.462 e. The lowest BCUT2D eigenvalue weighted by molar-refractivity contribution is -0.870. The Kier molecular flexibility index (Phi) is 48.8. The summed E-state index contributed by atoms with van der Waals surface area (Å²) in [7, 11) is 1.43. The lowest BCUT2D eigenvalue weighted by Crippen LogP contribution is -2.37. The van der Waals surface area contributed by atoms with Crippen LogP contribution in [0.25, 0.3) is 0 Å². The first-order chi connectivity index (χ1) is 35.0. The second-order valence-corrected chi connectivity index (χ2v) is 20.3. The number of phosphoric ester groups is 1. The Morgan fingerprint density at radius 2 is 0.792 bits per heavy atom. The maximum atomic E-state index is 12.7. The summed E-state index contributed by atoms with van der Waals surface area (Å²) < 4.78 is 34.3. The Bertz CT molecular complexity index is 1720. The Morgan fingerprint density at radius 1 is 0.444 bits per heavy atom. The molecule has 406 valence electrons. The van der Waals surface area contributed by atoms with Gasteiger partial charge in [0.1, 0.15) is 19.8 Å². The molecule has 0 aromatic carbocycles. The molecule has 0 aliphatic carbocycles. The van der Waals surface area contributed by atoms with E-state index in [2.05, 4.69) is 160 Å². The van der Waals surface area contributed by atoms with Crippen LogP contribution in [0.1, 0.15) is 181 Å². The number of ether oxygens (including phenoxy) is 2. The molecule has 0 saturated carbocycles. The van der Waals surface area contributed by atoms with Crippen LogP contribution in [0.4, 0.5) is 0 Å². The van der Waals surface area contributed by atoms with Gasteiger partial charge in [-0.15, -0.1) is 0 Å². The summed E-state index contributed by atoms with van der Waals surface area (Å²) in [6.45, 7) is 4.20. The maximum absolute atomic E-state index is 12.7. The van der Waals surface area contributed by atoms with Crippen LogP contribution in [0.15, 0.2) is 146 Å². The van der Waals surface area contributed by atoms with E-state index < -0.39 is 26.5 Å². The minimum Gasteiger partial charge on any atom is -0.462 e. The SMILES string of the molecule is CC/C=C\C/C=C\C/C=C\C/C=C\C/C=C\C/C=C\C/C=C\C/C=C\C/C=C\C/C=C\C/C=C\C/C=C\CCCCC(=O)OC(COC(=O)CCCCCCCCCCC)COP(=O)(O)OCC[N+](C)(C)C. The van der Waals surface area contributed by atoms with Crippen molar-refractivity contribution in [2.24, 2.45) is 0 Å². The number of likely N-dealkylation sites (N-methyl/N-ethyl adjacent to an activating group) is 1. The number of quaternary nitrogens is 1. The van der Waals surface area contributed by atoms with Gasteiger partial charge in [-0.25, -0.2) is 4.57 Å². The minimum atomic E-state index is -4.40. The van der Waals surface area contributed by atoms with E-state index in [9.17, 15) is 19.0 Å². The number of rotatable bonds is 48. The number of nitrogens with zero attached hydrogens (tertiary/aromatic N) is 1. The van der Waals surface area contributed by atoms with Gasteiger partial charge in [0.15, 0.2) is 6.10 Å². The van der Waals surface area contributed by atoms with Crippen molar-refractivity contribution in [3.8, 4) is 0 Å². The van der Waals surface area contributed by atoms with Gasteiger partial charge in [0.25, 0.3) is 0 Å². The fourth-order valence-corrected chi connectivity index (χ4v) is 7.38. The van der Waals surface area contributed by atoms with Gasteiger partial charge < -0.3 is 18.9 Å². The topological polar surface area (TPSA) is 108 Å². The number of hydrogen-bond acceptors (Lipinski definition) is 7. The molecule has 0 rings (SSSR count). The lowest BCUT2D eigenvalue weighted by atomic mass is 10.1. The van der Waals surface area contributed by atoms with Crippen LogP contribution in [0.5, 0.6) is 0 Å². The van der Waals surface area contributed by atoms with Crippen molar-refractivity contribution >= 4 is 19.8 Å². The number of carbonyl (C=O) groups is 2. The zero-order valence-electron chi connectivity index (χ0n) is 45.8. The average molecular weight is 1020 g/mol. The quantitative estimate of drug-likeness (QED) is 0.0211. The van der Waals surface area contributed by atoms with Crippen molar-refractivity contribution < 1.29 is 42.1 Å². The highest BCUT2D eigenvalue weighted by Crippen LogP contribution is 2.43. The Morgan fingerprint density at radius 3 is 1.18 bits per heavy atom. The third-order valence-electron chi connectivity index (χ3n) is 10.9. The van der Waals surface area contributed by atoms with Gasteiger partial charge >= 0.3 is 19.8 Å². The van der Waals surface area contributed by atoms with Crippen LogP contribution in [-0.2, 0) is 32.7 Å². The lowest BCUT2D eigenvalue weighted by Gasteiger charge is -2.24. The summed E-state index contributed by atoms with van der Waals surface area (Å²) in [4.78, 5) is 35.4. The molecule has 0 fully saturated rings. The highest BCUT2D eigenvalue weighted by Gasteiger charge is 2.27. The van der Waals surface area contributed by atoms with E-state index in [0.29, 0.717) is 17.4 Å². The number of unbranched alkanes of at least 4 members (excludes halogenated alkanes) is 10. The molecule has 10 heteroatoms. The first-order valence-corrected chi connectivity index (χ1v) is 29.1. The van der Waals surface area contributed by atoms with Crippen molar-refractivity contribution in [1.29, 1.82) is 0 Å². The normalized spacial score (nSPS) is 14.5. The van der Waals surface area contributed by atoms with E-state index in [4.69, 9.17) is 18.5 Å². The molecule has 0 aliphatic rings. The molecule has 0 radical (unpaired) electrons. The van der Waals surface area contributed by atoms with Crippen LogP contribution in [0.3, 0.4) is 0 Å². The highest BCUT2D eigenvalue weighted by molar-refractivity contribution is 7.47. The van der Waals surface area contributed by atoms with Crippen LogP contribution in [0.2, 0.25) is 0 Å². The van der Waals surface area contributed by atoms with E-state index in [1.54, 1.807) is 0 Å². The van der Waals surface area contributed by atoms with Crippen molar-refractivity contribution in [2.45, 2.75) is 187 Å².